The molecule has 8 heteroatoms. The van der Waals surface area contributed by atoms with Crippen LogP contribution in [0.25, 0.3) is 0 Å². The lowest BCUT2D eigenvalue weighted by Gasteiger charge is -2.20. The minimum absolute atomic E-state index is 0.149. The van der Waals surface area contributed by atoms with Crippen LogP contribution in [-0.2, 0) is 22.6 Å². The van der Waals surface area contributed by atoms with Crippen LogP contribution in [0.4, 0.5) is 0 Å². The number of hydrazine groups is 1. The summed E-state index contributed by atoms with van der Waals surface area (Å²) in [7, 11) is 0. The predicted octanol–water partition coefficient (Wildman–Crippen LogP) is 2.32. The van der Waals surface area contributed by atoms with Crippen molar-refractivity contribution in [1.29, 1.82) is 0 Å². The van der Waals surface area contributed by atoms with Crippen LogP contribution in [0.1, 0.15) is 23.2 Å². The van der Waals surface area contributed by atoms with E-state index in [4.69, 9.17) is 11.6 Å². The largest absolute Gasteiger partial charge is 0.290 e. The molecule has 2 N–H and O–H groups in total. The zero-order chi connectivity index (χ0) is 18.2. The average Bonchev–Trinajstić information content (AvgIpc) is 2.99. The fourth-order valence-electron chi connectivity index (χ4n) is 2.19. The summed E-state index contributed by atoms with van der Waals surface area (Å²) in [6, 6.07) is 7.54. The number of likely N-dealkylation sites (N-methyl/N-ethyl adjacent to an activating group) is 1. The minimum Gasteiger partial charge on any atom is -0.290 e. The van der Waals surface area contributed by atoms with Gasteiger partial charge < -0.3 is 0 Å². The Morgan fingerprint density at radius 2 is 1.96 bits per heavy atom. The second-order valence-electron chi connectivity index (χ2n) is 5.55. The molecule has 0 unspecified atom stereocenters. The lowest BCUT2D eigenvalue weighted by molar-refractivity contribution is -0.129. The van der Waals surface area contributed by atoms with Crippen LogP contribution in [0.15, 0.2) is 29.6 Å². The van der Waals surface area contributed by atoms with E-state index in [9.17, 15) is 9.59 Å². The van der Waals surface area contributed by atoms with Gasteiger partial charge in [-0.2, -0.15) is 0 Å². The van der Waals surface area contributed by atoms with Gasteiger partial charge in [-0.25, -0.2) is 4.98 Å². The van der Waals surface area contributed by atoms with Crippen molar-refractivity contribution in [2.75, 3.05) is 13.1 Å². The van der Waals surface area contributed by atoms with Gasteiger partial charge in [-0.05, 0) is 25.1 Å². The van der Waals surface area contributed by atoms with E-state index in [0.717, 1.165) is 16.3 Å². The third kappa shape index (κ3) is 6.45. The predicted molar refractivity (Wildman–Crippen MR) is 99.2 cm³/mol. The first kappa shape index (κ1) is 19.4. The van der Waals surface area contributed by atoms with Crippen LogP contribution >= 0.6 is 22.9 Å². The summed E-state index contributed by atoms with van der Waals surface area (Å²) in [4.78, 5) is 30.0. The molecule has 2 amide bonds. The molecule has 1 aromatic heterocycles. The van der Waals surface area contributed by atoms with Crippen LogP contribution in [0, 0.1) is 6.92 Å². The molecule has 0 saturated heterocycles. The number of nitrogens with one attached hydrogen (secondary N) is 2. The molecule has 0 atom stereocenters. The highest BCUT2D eigenvalue weighted by molar-refractivity contribution is 7.09. The van der Waals surface area contributed by atoms with Gasteiger partial charge >= 0.3 is 0 Å². The molecular formula is C17H21ClN4O2S. The molecule has 6 nitrogen and oxygen atoms in total. The number of benzene rings is 1. The summed E-state index contributed by atoms with van der Waals surface area (Å²) in [5.41, 5.74) is 6.70. The highest BCUT2D eigenvalue weighted by Gasteiger charge is 2.13. The second-order valence-corrected chi connectivity index (χ2v) is 6.90. The quantitative estimate of drug-likeness (QED) is 0.723. The van der Waals surface area contributed by atoms with Gasteiger partial charge in [-0.1, -0.05) is 36.7 Å². The molecule has 0 spiro atoms. The third-order valence-electron chi connectivity index (χ3n) is 3.49. The molecule has 0 aliphatic rings. The fraction of sp³-hybridized carbons (Fsp3) is 0.353. The molecule has 0 fully saturated rings. The number of halogens is 1. The Balaban J connectivity index is 1.77. The monoisotopic (exact) mass is 380 g/mol. The van der Waals surface area contributed by atoms with Gasteiger partial charge in [0.05, 0.1) is 13.0 Å². The highest BCUT2D eigenvalue weighted by atomic mass is 35.5. The Morgan fingerprint density at radius 3 is 2.60 bits per heavy atom. The van der Waals surface area contributed by atoms with Crippen molar-refractivity contribution in [3.63, 3.8) is 0 Å². The lowest BCUT2D eigenvalue weighted by atomic mass is 10.2. The van der Waals surface area contributed by atoms with E-state index in [1.165, 1.54) is 11.3 Å². The molecular weight excluding hydrogens is 360 g/mol. The molecule has 25 heavy (non-hydrogen) atoms. The Hall–Kier alpha value is -1.96. The van der Waals surface area contributed by atoms with Gasteiger partial charge in [-0.15, -0.1) is 11.3 Å². The number of carbonyl (C=O) groups is 2. The molecule has 0 aliphatic carbocycles. The molecule has 2 rings (SSSR count). The zero-order valence-corrected chi connectivity index (χ0v) is 15.8. The number of hydrogen-bond acceptors (Lipinski definition) is 5. The number of amides is 2. The third-order valence-corrected chi connectivity index (χ3v) is 4.82. The van der Waals surface area contributed by atoms with Gasteiger partial charge in [-0.3, -0.25) is 25.3 Å². The summed E-state index contributed by atoms with van der Waals surface area (Å²) in [6.45, 7) is 5.25. The van der Waals surface area contributed by atoms with Gasteiger partial charge in [0, 0.05) is 22.6 Å². The van der Waals surface area contributed by atoms with E-state index in [2.05, 4.69) is 15.8 Å². The van der Waals surface area contributed by atoms with Crippen molar-refractivity contribution in [1.82, 2.24) is 20.7 Å². The smallest absolute Gasteiger partial charge is 0.252 e. The first-order chi connectivity index (χ1) is 12.0. The standard InChI is InChI=1S/C17H21ClN4O2S/c1-3-22(9-13-6-4-5-7-14(13)18)10-16(24)21-20-15(23)8-17-19-12(2)11-25-17/h4-7,11H,3,8-10H2,1-2H3,(H,20,23)(H,21,24). The van der Waals surface area contributed by atoms with Crippen molar-refractivity contribution in [2.45, 2.75) is 26.8 Å². The van der Waals surface area contributed by atoms with E-state index < -0.39 is 0 Å². The maximum absolute atomic E-state index is 12.0. The fourth-order valence-corrected chi connectivity index (χ4v) is 3.16. The second kappa shape index (κ2) is 9.50. The van der Waals surface area contributed by atoms with Crippen molar-refractivity contribution in [3.8, 4) is 0 Å². The van der Waals surface area contributed by atoms with Crippen molar-refractivity contribution >= 4 is 34.8 Å². The SMILES string of the molecule is CCN(CC(=O)NNC(=O)Cc1nc(C)cs1)Cc1ccccc1Cl. The Morgan fingerprint density at radius 1 is 1.24 bits per heavy atom. The van der Waals surface area contributed by atoms with E-state index >= 15 is 0 Å². The van der Waals surface area contributed by atoms with E-state index in [1.54, 1.807) is 0 Å². The molecule has 1 aromatic carbocycles. The Kier molecular flexibility index (Phi) is 7.36. The number of carbonyl (C=O) groups excluding carboxylic acids is 2. The number of nitrogens with zero attached hydrogens (tertiary/aromatic N) is 2. The topological polar surface area (TPSA) is 74.3 Å². The van der Waals surface area contributed by atoms with E-state index in [1.807, 2.05) is 48.4 Å². The number of rotatable bonds is 7. The normalized spacial score (nSPS) is 10.7. The molecule has 1 heterocycles. The summed E-state index contributed by atoms with van der Waals surface area (Å²) in [6.07, 6.45) is 0.149. The molecule has 0 bridgehead atoms. The number of aromatic nitrogens is 1. The maximum Gasteiger partial charge on any atom is 0.252 e. The molecule has 0 aliphatic heterocycles. The van der Waals surface area contributed by atoms with Crippen LogP contribution in [0.3, 0.4) is 0 Å². The highest BCUT2D eigenvalue weighted by Crippen LogP contribution is 2.16. The van der Waals surface area contributed by atoms with E-state index in [0.29, 0.717) is 18.1 Å². The lowest BCUT2D eigenvalue weighted by Crippen LogP contribution is -2.46. The zero-order valence-electron chi connectivity index (χ0n) is 14.2. The molecule has 134 valence electrons. The molecule has 0 radical (unpaired) electrons. The summed E-state index contributed by atoms with van der Waals surface area (Å²) >= 11 is 7.58. The Bertz CT molecular complexity index is 735. The number of hydrogen-bond donors (Lipinski definition) is 2. The summed E-state index contributed by atoms with van der Waals surface area (Å²) in [5, 5.41) is 3.28. The maximum atomic E-state index is 12.0. The summed E-state index contributed by atoms with van der Waals surface area (Å²) < 4.78 is 0. The van der Waals surface area contributed by atoms with Crippen molar-refractivity contribution in [3.05, 3.63) is 50.9 Å². The van der Waals surface area contributed by atoms with Gasteiger partial charge in [0.1, 0.15) is 5.01 Å². The van der Waals surface area contributed by atoms with Gasteiger partial charge in [0.25, 0.3) is 5.91 Å². The van der Waals surface area contributed by atoms with Crippen molar-refractivity contribution < 1.29 is 9.59 Å². The number of thiazole rings is 1. The van der Waals surface area contributed by atoms with Crippen LogP contribution in [0.5, 0.6) is 0 Å². The van der Waals surface area contributed by atoms with Crippen molar-refractivity contribution in [2.24, 2.45) is 0 Å². The minimum atomic E-state index is -0.295. The van der Waals surface area contributed by atoms with Crippen LogP contribution < -0.4 is 10.9 Å². The van der Waals surface area contributed by atoms with Crippen LogP contribution in [-0.4, -0.2) is 34.8 Å². The number of aryl methyl sites for hydroxylation is 1. The van der Waals surface area contributed by atoms with Crippen LogP contribution in [0.2, 0.25) is 5.02 Å². The Labute approximate surface area is 156 Å². The average molecular weight is 381 g/mol. The first-order valence-corrected chi connectivity index (χ1v) is 9.18. The van der Waals surface area contributed by atoms with E-state index in [-0.39, 0.29) is 24.8 Å². The first-order valence-electron chi connectivity index (χ1n) is 7.92. The summed E-state index contributed by atoms with van der Waals surface area (Å²) in [5.74, 6) is -0.575. The molecule has 2 aromatic rings. The molecule has 0 saturated carbocycles. The van der Waals surface area contributed by atoms with Gasteiger partial charge in [0.15, 0.2) is 0 Å². The van der Waals surface area contributed by atoms with Gasteiger partial charge in [0.2, 0.25) is 5.91 Å².